The molecule has 0 amide bonds. The normalized spacial score (nSPS) is 11.6. The molecule has 4 nitrogen and oxygen atoms in total. The Labute approximate surface area is 104 Å². The van der Waals surface area contributed by atoms with Gasteiger partial charge in [-0.15, -0.1) is 0 Å². The molecular formula is C11H16F3N3O. The second kappa shape index (κ2) is 6.53. The highest BCUT2D eigenvalue weighted by Gasteiger charge is 2.25. The summed E-state index contributed by atoms with van der Waals surface area (Å²) in [4.78, 5) is 8.26. The summed E-state index contributed by atoms with van der Waals surface area (Å²) in [5, 5.41) is 2.87. The average Bonchev–Trinajstić information content (AvgIpc) is 2.26. The molecule has 7 heteroatoms. The van der Waals surface area contributed by atoms with E-state index in [1.165, 1.54) is 0 Å². The smallest absolute Gasteiger partial charge is 0.373 e. The summed E-state index contributed by atoms with van der Waals surface area (Å²) in [6.45, 7) is 1.98. The van der Waals surface area contributed by atoms with Crippen LogP contribution in [0, 0.1) is 6.92 Å². The van der Waals surface area contributed by atoms with Gasteiger partial charge in [0.1, 0.15) is 12.4 Å². The van der Waals surface area contributed by atoms with Crippen molar-refractivity contribution in [2.75, 3.05) is 19.0 Å². The molecule has 0 aromatic carbocycles. The predicted molar refractivity (Wildman–Crippen MR) is 61.3 cm³/mol. The zero-order chi connectivity index (χ0) is 13.6. The van der Waals surface area contributed by atoms with Crippen LogP contribution in [0.25, 0.3) is 0 Å². The number of anilines is 1. The lowest BCUT2D eigenvalue weighted by atomic mass is 10.3. The van der Waals surface area contributed by atoms with E-state index in [9.17, 15) is 13.2 Å². The molecule has 0 aliphatic heterocycles. The zero-order valence-electron chi connectivity index (χ0n) is 10.3. The van der Waals surface area contributed by atoms with E-state index in [0.717, 1.165) is 5.69 Å². The van der Waals surface area contributed by atoms with Gasteiger partial charge in [-0.1, -0.05) is 0 Å². The maximum absolute atomic E-state index is 11.9. The Morgan fingerprint density at radius 2 is 2.06 bits per heavy atom. The fourth-order valence-electron chi connectivity index (χ4n) is 1.36. The Morgan fingerprint density at radius 3 is 2.67 bits per heavy atom. The SMILES string of the molecule is CNc1cc(C)nc(COCCCC(F)(F)F)n1. The molecular weight excluding hydrogens is 247 g/mol. The van der Waals surface area contributed by atoms with E-state index in [2.05, 4.69) is 15.3 Å². The predicted octanol–water partition coefficient (Wildman–Crippen LogP) is 2.69. The highest BCUT2D eigenvalue weighted by molar-refractivity contribution is 5.34. The van der Waals surface area contributed by atoms with Gasteiger partial charge in [0, 0.05) is 31.8 Å². The summed E-state index contributed by atoms with van der Waals surface area (Å²) in [5.74, 6) is 1.13. The summed E-state index contributed by atoms with van der Waals surface area (Å²) in [6, 6.07) is 1.77. The lowest BCUT2D eigenvalue weighted by molar-refractivity contribution is -0.138. The van der Waals surface area contributed by atoms with Gasteiger partial charge >= 0.3 is 6.18 Å². The monoisotopic (exact) mass is 263 g/mol. The maximum atomic E-state index is 11.9. The molecule has 0 aliphatic carbocycles. The second-order valence-electron chi connectivity index (χ2n) is 3.83. The van der Waals surface area contributed by atoms with Crippen LogP contribution in [0.4, 0.5) is 19.0 Å². The molecule has 1 aromatic rings. The van der Waals surface area contributed by atoms with Crippen LogP contribution in [0.5, 0.6) is 0 Å². The molecule has 102 valence electrons. The van der Waals surface area contributed by atoms with E-state index in [1.54, 1.807) is 13.1 Å². The van der Waals surface area contributed by atoms with Crippen molar-refractivity contribution >= 4 is 5.82 Å². The molecule has 0 aliphatic rings. The Hall–Kier alpha value is -1.37. The quantitative estimate of drug-likeness (QED) is 0.802. The number of nitrogens with zero attached hydrogens (tertiary/aromatic N) is 2. The molecule has 0 radical (unpaired) electrons. The second-order valence-corrected chi connectivity index (χ2v) is 3.83. The third-order valence-corrected chi connectivity index (χ3v) is 2.14. The van der Waals surface area contributed by atoms with Gasteiger partial charge in [0.05, 0.1) is 0 Å². The summed E-state index contributed by atoms with van der Waals surface area (Å²) in [7, 11) is 1.73. The van der Waals surface area contributed by atoms with Gasteiger partial charge in [0.25, 0.3) is 0 Å². The van der Waals surface area contributed by atoms with Gasteiger partial charge in [0.15, 0.2) is 5.82 Å². The average molecular weight is 263 g/mol. The van der Waals surface area contributed by atoms with Crippen molar-refractivity contribution in [3.63, 3.8) is 0 Å². The molecule has 18 heavy (non-hydrogen) atoms. The van der Waals surface area contributed by atoms with Gasteiger partial charge < -0.3 is 10.1 Å². The van der Waals surface area contributed by atoms with Gasteiger partial charge in [-0.25, -0.2) is 9.97 Å². The van der Waals surface area contributed by atoms with Crippen molar-refractivity contribution in [2.45, 2.75) is 32.5 Å². The Bertz CT molecular complexity index is 382. The molecule has 1 rings (SSSR count). The third-order valence-electron chi connectivity index (χ3n) is 2.14. The van der Waals surface area contributed by atoms with Crippen LogP contribution in [0.3, 0.4) is 0 Å². The number of aryl methyl sites for hydroxylation is 1. The molecule has 0 unspecified atom stereocenters. The van der Waals surface area contributed by atoms with E-state index in [0.29, 0.717) is 11.6 Å². The number of hydrogen-bond donors (Lipinski definition) is 1. The van der Waals surface area contributed by atoms with E-state index in [1.807, 2.05) is 6.92 Å². The van der Waals surface area contributed by atoms with Gasteiger partial charge in [0.2, 0.25) is 0 Å². The number of aromatic nitrogens is 2. The number of rotatable bonds is 6. The Kier molecular flexibility index (Phi) is 5.33. The first kappa shape index (κ1) is 14.7. The van der Waals surface area contributed by atoms with E-state index in [-0.39, 0.29) is 19.6 Å². The number of ether oxygens (including phenoxy) is 1. The molecule has 0 saturated heterocycles. The fraction of sp³-hybridized carbons (Fsp3) is 0.636. The molecule has 0 fully saturated rings. The lowest BCUT2D eigenvalue weighted by Gasteiger charge is -2.07. The van der Waals surface area contributed by atoms with Crippen LogP contribution < -0.4 is 5.32 Å². The Morgan fingerprint density at radius 1 is 1.33 bits per heavy atom. The Balaban J connectivity index is 2.33. The molecule has 1 N–H and O–H groups in total. The van der Waals surface area contributed by atoms with Gasteiger partial charge in [-0.2, -0.15) is 13.2 Å². The number of hydrogen-bond acceptors (Lipinski definition) is 4. The van der Waals surface area contributed by atoms with E-state index in [4.69, 9.17) is 4.74 Å². The highest BCUT2D eigenvalue weighted by Crippen LogP contribution is 2.21. The molecule has 1 aromatic heterocycles. The van der Waals surface area contributed by atoms with Crippen LogP contribution in [-0.4, -0.2) is 29.8 Å². The standard InChI is InChI=1S/C11H16F3N3O/c1-8-6-9(15-2)17-10(16-8)7-18-5-3-4-11(12,13)14/h6H,3-5,7H2,1-2H3,(H,15,16,17). The maximum Gasteiger partial charge on any atom is 0.389 e. The van der Waals surface area contributed by atoms with Crippen LogP contribution in [-0.2, 0) is 11.3 Å². The molecule has 0 saturated carbocycles. The molecule has 0 bridgehead atoms. The highest BCUT2D eigenvalue weighted by atomic mass is 19.4. The molecule has 1 heterocycles. The van der Waals surface area contributed by atoms with Crippen LogP contribution in [0.1, 0.15) is 24.4 Å². The lowest BCUT2D eigenvalue weighted by Crippen LogP contribution is -2.09. The van der Waals surface area contributed by atoms with E-state index < -0.39 is 12.6 Å². The van der Waals surface area contributed by atoms with Crippen LogP contribution >= 0.6 is 0 Å². The number of alkyl halides is 3. The van der Waals surface area contributed by atoms with Crippen molar-refractivity contribution in [1.29, 1.82) is 0 Å². The molecule has 0 spiro atoms. The van der Waals surface area contributed by atoms with E-state index >= 15 is 0 Å². The van der Waals surface area contributed by atoms with Crippen LogP contribution in [0.2, 0.25) is 0 Å². The van der Waals surface area contributed by atoms with Gasteiger partial charge in [-0.3, -0.25) is 0 Å². The molecule has 0 atom stereocenters. The van der Waals surface area contributed by atoms with Crippen molar-refractivity contribution in [2.24, 2.45) is 0 Å². The largest absolute Gasteiger partial charge is 0.389 e. The summed E-state index contributed by atoms with van der Waals surface area (Å²) in [6.07, 6.45) is -5.00. The first-order valence-electron chi connectivity index (χ1n) is 5.57. The minimum atomic E-state index is -4.12. The van der Waals surface area contributed by atoms with Crippen molar-refractivity contribution in [3.05, 3.63) is 17.6 Å². The number of halogens is 3. The number of nitrogens with one attached hydrogen (secondary N) is 1. The summed E-state index contributed by atoms with van der Waals surface area (Å²) >= 11 is 0. The summed E-state index contributed by atoms with van der Waals surface area (Å²) in [5.41, 5.74) is 0.781. The topological polar surface area (TPSA) is 47.0 Å². The van der Waals surface area contributed by atoms with Crippen molar-refractivity contribution in [3.8, 4) is 0 Å². The first-order chi connectivity index (χ1) is 8.40. The van der Waals surface area contributed by atoms with Crippen molar-refractivity contribution in [1.82, 2.24) is 9.97 Å². The van der Waals surface area contributed by atoms with Crippen LogP contribution in [0.15, 0.2) is 6.07 Å². The minimum Gasteiger partial charge on any atom is -0.373 e. The zero-order valence-corrected chi connectivity index (χ0v) is 10.3. The first-order valence-corrected chi connectivity index (χ1v) is 5.57. The summed E-state index contributed by atoms with van der Waals surface area (Å²) < 4.78 is 40.7. The minimum absolute atomic E-state index is 0.0473. The fourth-order valence-corrected chi connectivity index (χ4v) is 1.36. The van der Waals surface area contributed by atoms with Gasteiger partial charge in [-0.05, 0) is 13.3 Å². The van der Waals surface area contributed by atoms with Crippen molar-refractivity contribution < 1.29 is 17.9 Å². The third kappa shape index (κ3) is 5.81.